The molecule has 0 spiro atoms. The first kappa shape index (κ1) is 13.7. The van der Waals surface area contributed by atoms with Crippen molar-refractivity contribution in [3.05, 3.63) is 46.3 Å². The van der Waals surface area contributed by atoms with Gasteiger partial charge in [0.05, 0.1) is 16.4 Å². The third kappa shape index (κ3) is 2.53. The van der Waals surface area contributed by atoms with E-state index in [1.165, 1.54) is 24.5 Å². The van der Waals surface area contributed by atoms with Gasteiger partial charge < -0.3 is 11.1 Å². The van der Waals surface area contributed by atoms with Crippen LogP contribution in [0.15, 0.2) is 30.6 Å². The van der Waals surface area contributed by atoms with E-state index in [4.69, 9.17) is 17.3 Å². The van der Waals surface area contributed by atoms with Gasteiger partial charge in [0.1, 0.15) is 21.0 Å². The maximum Gasteiger partial charge on any atom is 0.268 e. The minimum absolute atomic E-state index is 0.110. The fourth-order valence-corrected chi connectivity index (χ4v) is 2.91. The minimum atomic E-state index is -0.479. The van der Waals surface area contributed by atoms with Crippen LogP contribution >= 0.6 is 22.9 Å². The quantitative estimate of drug-likeness (QED) is 0.758. The Bertz CT molecular complexity index is 851. The van der Waals surface area contributed by atoms with Crippen molar-refractivity contribution >= 4 is 50.6 Å². The summed E-state index contributed by atoms with van der Waals surface area (Å²) < 4.78 is 13.0. The minimum Gasteiger partial charge on any atom is -0.396 e. The first-order chi connectivity index (χ1) is 10.1. The molecule has 106 valence electrons. The Labute approximate surface area is 127 Å². The Balaban J connectivity index is 1.95. The molecule has 0 saturated heterocycles. The van der Waals surface area contributed by atoms with Crippen molar-refractivity contribution in [2.45, 2.75) is 0 Å². The number of anilines is 2. The predicted octanol–water partition coefficient (Wildman–Crippen LogP) is 3.32. The lowest BCUT2D eigenvalue weighted by molar-refractivity contribution is 0.103. The molecular weight excluding hydrogens is 315 g/mol. The highest BCUT2D eigenvalue weighted by Crippen LogP contribution is 2.31. The zero-order chi connectivity index (χ0) is 15.0. The lowest BCUT2D eigenvalue weighted by Crippen LogP contribution is -2.12. The number of nitrogens with two attached hydrogens (primary N) is 1. The molecule has 1 amide bonds. The Morgan fingerprint density at radius 2 is 2.10 bits per heavy atom. The molecule has 0 aliphatic carbocycles. The largest absolute Gasteiger partial charge is 0.396 e. The van der Waals surface area contributed by atoms with Gasteiger partial charge in [0.2, 0.25) is 0 Å². The summed E-state index contributed by atoms with van der Waals surface area (Å²) in [5, 5.41) is 2.70. The van der Waals surface area contributed by atoms with Crippen LogP contribution in [-0.2, 0) is 0 Å². The first-order valence-corrected chi connectivity index (χ1v) is 7.01. The molecule has 0 bridgehead atoms. The first-order valence-electron chi connectivity index (χ1n) is 5.81. The molecule has 0 unspecified atom stereocenters. The number of amides is 1. The van der Waals surface area contributed by atoms with E-state index in [0.717, 1.165) is 17.4 Å². The fourth-order valence-electron chi connectivity index (χ4n) is 1.78. The molecular formula is C13H8ClFN4OS. The Kier molecular flexibility index (Phi) is 3.44. The van der Waals surface area contributed by atoms with Gasteiger partial charge in [-0.25, -0.2) is 14.4 Å². The molecule has 0 radical (unpaired) electrons. The van der Waals surface area contributed by atoms with Gasteiger partial charge in [0, 0.05) is 12.4 Å². The van der Waals surface area contributed by atoms with Crippen molar-refractivity contribution < 1.29 is 9.18 Å². The lowest BCUT2D eigenvalue weighted by Gasteiger charge is -2.06. The Morgan fingerprint density at radius 1 is 1.33 bits per heavy atom. The number of benzene rings is 1. The van der Waals surface area contributed by atoms with E-state index in [9.17, 15) is 9.18 Å². The molecule has 3 N–H and O–H groups in total. The SMILES string of the molecule is Nc1c(C(=O)Nc2ccc(F)cc2Cl)sc2nccnc12. The summed E-state index contributed by atoms with van der Waals surface area (Å²) in [5.41, 5.74) is 6.96. The second-order valence-corrected chi connectivity index (χ2v) is 5.54. The third-order valence-electron chi connectivity index (χ3n) is 2.75. The van der Waals surface area contributed by atoms with Crippen molar-refractivity contribution in [1.82, 2.24) is 9.97 Å². The average Bonchev–Trinajstić information content (AvgIpc) is 2.80. The zero-order valence-electron chi connectivity index (χ0n) is 10.4. The van der Waals surface area contributed by atoms with Gasteiger partial charge in [0.25, 0.3) is 5.91 Å². The van der Waals surface area contributed by atoms with E-state index >= 15 is 0 Å². The standard InChI is InChI=1S/C13H8ClFN4OS/c14-7-5-6(15)1-2-8(7)19-12(20)11-9(16)10-13(21-11)18-4-3-17-10/h1-5H,16H2,(H,19,20). The molecule has 2 heterocycles. The summed E-state index contributed by atoms with van der Waals surface area (Å²) >= 11 is 7.00. The van der Waals surface area contributed by atoms with Gasteiger partial charge in [-0.2, -0.15) is 0 Å². The molecule has 0 saturated carbocycles. The molecule has 0 atom stereocenters. The summed E-state index contributed by atoms with van der Waals surface area (Å²) in [7, 11) is 0. The number of hydrogen-bond acceptors (Lipinski definition) is 5. The number of halogens is 2. The van der Waals surface area contributed by atoms with E-state index in [2.05, 4.69) is 15.3 Å². The number of nitrogens with one attached hydrogen (secondary N) is 1. The number of nitrogen functional groups attached to an aromatic ring is 1. The third-order valence-corrected chi connectivity index (χ3v) is 4.16. The fraction of sp³-hybridized carbons (Fsp3) is 0. The Morgan fingerprint density at radius 3 is 2.81 bits per heavy atom. The van der Waals surface area contributed by atoms with Crippen LogP contribution in [0.3, 0.4) is 0 Å². The predicted molar refractivity (Wildman–Crippen MR) is 81.2 cm³/mol. The van der Waals surface area contributed by atoms with Gasteiger partial charge in [-0.3, -0.25) is 4.79 Å². The van der Waals surface area contributed by atoms with Crippen molar-refractivity contribution in [3.63, 3.8) is 0 Å². The molecule has 0 fully saturated rings. The van der Waals surface area contributed by atoms with Gasteiger partial charge in [0.15, 0.2) is 0 Å². The summed E-state index contributed by atoms with van der Waals surface area (Å²) in [5.74, 6) is -0.918. The highest BCUT2D eigenvalue weighted by atomic mass is 35.5. The van der Waals surface area contributed by atoms with Crippen LogP contribution < -0.4 is 11.1 Å². The number of fused-ring (bicyclic) bond motifs is 1. The second-order valence-electron chi connectivity index (χ2n) is 4.13. The van der Waals surface area contributed by atoms with Gasteiger partial charge in [-0.1, -0.05) is 11.6 Å². The van der Waals surface area contributed by atoms with E-state index < -0.39 is 11.7 Å². The summed E-state index contributed by atoms with van der Waals surface area (Å²) in [6.07, 6.45) is 3.03. The number of nitrogens with zero attached hydrogens (tertiary/aromatic N) is 2. The lowest BCUT2D eigenvalue weighted by atomic mass is 10.3. The smallest absolute Gasteiger partial charge is 0.268 e. The number of hydrogen-bond donors (Lipinski definition) is 2. The van der Waals surface area contributed by atoms with Crippen LogP contribution in [-0.4, -0.2) is 15.9 Å². The van der Waals surface area contributed by atoms with Gasteiger partial charge in [-0.15, -0.1) is 11.3 Å². The van der Waals surface area contributed by atoms with E-state index in [1.54, 1.807) is 0 Å². The van der Waals surface area contributed by atoms with E-state index in [-0.39, 0.29) is 15.6 Å². The highest BCUT2D eigenvalue weighted by Gasteiger charge is 2.18. The molecule has 2 aromatic heterocycles. The highest BCUT2D eigenvalue weighted by molar-refractivity contribution is 7.21. The Hall–Kier alpha value is -2.25. The van der Waals surface area contributed by atoms with Crippen LogP contribution in [0.4, 0.5) is 15.8 Å². The molecule has 21 heavy (non-hydrogen) atoms. The van der Waals surface area contributed by atoms with Crippen molar-refractivity contribution in [2.75, 3.05) is 11.1 Å². The van der Waals surface area contributed by atoms with Crippen LogP contribution in [0.5, 0.6) is 0 Å². The summed E-state index contributed by atoms with van der Waals surface area (Å²) in [4.78, 5) is 21.3. The monoisotopic (exact) mass is 322 g/mol. The molecule has 0 aliphatic heterocycles. The van der Waals surface area contributed by atoms with Gasteiger partial charge in [-0.05, 0) is 18.2 Å². The number of carbonyl (C=O) groups is 1. The number of aromatic nitrogens is 2. The van der Waals surface area contributed by atoms with E-state index in [1.807, 2.05) is 0 Å². The van der Waals surface area contributed by atoms with Crippen molar-refractivity contribution in [3.8, 4) is 0 Å². The van der Waals surface area contributed by atoms with Gasteiger partial charge >= 0.3 is 0 Å². The number of thiophene rings is 1. The van der Waals surface area contributed by atoms with Crippen LogP contribution in [0.2, 0.25) is 5.02 Å². The topological polar surface area (TPSA) is 80.9 Å². The molecule has 1 aromatic carbocycles. The summed E-state index contributed by atoms with van der Waals surface area (Å²) in [6, 6.07) is 3.71. The normalized spacial score (nSPS) is 10.8. The molecule has 0 aliphatic rings. The molecule has 3 rings (SSSR count). The van der Waals surface area contributed by atoms with E-state index in [0.29, 0.717) is 16.0 Å². The maximum absolute atomic E-state index is 13.0. The van der Waals surface area contributed by atoms with Crippen LogP contribution in [0.25, 0.3) is 10.3 Å². The van der Waals surface area contributed by atoms with Crippen LogP contribution in [0.1, 0.15) is 9.67 Å². The second kappa shape index (κ2) is 5.27. The average molecular weight is 323 g/mol. The van der Waals surface area contributed by atoms with Crippen molar-refractivity contribution in [2.24, 2.45) is 0 Å². The van der Waals surface area contributed by atoms with Crippen molar-refractivity contribution in [1.29, 1.82) is 0 Å². The molecule has 8 heteroatoms. The maximum atomic E-state index is 13.0. The zero-order valence-corrected chi connectivity index (χ0v) is 12.0. The molecule has 5 nitrogen and oxygen atoms in total. The van der Waals surface area contributed by atoms with Crippen LogP contribution in [0, 0.1) is 5.82 Å². The number of rotatable bonds is 2. The molecule has 3 aromatic rings. The number of carbonyl (C=O) groups excluding carboxylic acids is 1. The summed E-state index contributed by atoms with van der Waals surface area (Å²) in [6.45, 7) is 0.